The summed E-state index contributed by atoms with van der Waals surface area (Å²) >= 11 is 0. The van der Waals surface area contributed by atoms with Crippen LogP contribution in [0.1, 0.15) is 41.5 Å². The van der Waals surface area contributed by atoms with E-state index in [2.05, 4.69) is 56.8 Å². The summed E-state index contributed by atoms with van der Waals surface area (Å²) in [5, 5.41) is 3.08. The Morgan fingerprint density at radius 3 is 1.94 bits per heavy atom. The van der Waals surface area contributed by atoms with Crippen LogP contribution in [0, 0.1) is 0 Å². The number of nitrogens with two attached hydrogens (primary N) is 1. The molecule has 0 aliphatic rings. The van der Waals surface area contributed by atoms with Crippen molar-refractivity contribution in [3.05, 3.63) is 0 Å². The predicted molar refractivity (Wildman–Crippen MR) is 87.2 cm³/mol. The molecular formula is C12H29IN4. The highest BCUT2D eigenvalue weighted by Crippen LogP contribution is 2.03. The fourth-order valence-electron chi connectivity index (χ4n) is 1.74. The molecular weight excluding hydrogens is 327 g/mol. The van der Waals surface area contributed by atoms with Gasteiger partial charge < -0.3 is 11.1 Å². The zero-order valence-electron chi connectivity index (χ0n) is 12.0. The van der Waals surface area contributed by atoms with Gasteiger partial charge in [0.25, 0.3) is 0 Å². The van der Waals surface area contributed by atoms with Crippen LogP contribution < -0.4 is 11.1 Å². The molecule has 0 heterocycles. The summed E-state index contributed by atoms with van der Waals surface area (Å²) in [6, 6.07) is 1.44. The molecule has 0 bridgehead atoms. The van der Waals surface area contributed by atoms with E-state index in [9.17, 15) is 0 Å². The van der Waals surface area contributed by atoms with Crippen molar-refractivity contribution in [1.82, 2.24) is 10.2 Å². The Bertz CT molecular complexity index is 207. The molecule has 0 saturated heterocycles. The van der Waals surface area contributed by atoms with Crippen molar-refractivity contribution in [2.75, 3.05) is 13.1 Å². The number of guanidine groups is 1. The molecule has 5 heteroatoms. The van der Waals surface area contributed by atoms with Crippen molar-refractivity contribution >= 4 is 29.9 Å². The maximum absolute atomic E-state index is 5.73. The van der Waals surface area contributed by atoms with Gasteiger partial charge in [0, 0.05) is 24.7 Å². The summed E-state index contributed by atoms with van der Waals surface area (Å²) in [5.41, 5.74) is 5.73. The van der Waals surface area contributed by atoms with Gasteiger partial charge in [0.2, 0.25) is 0 Å². The van der Waals surface area contributed by atoms with Gasteiger partial charge >= 0.3 is 0 Å². The summed E-state index contributed by atoms with van der Waals surface area (Å²) in [6.45, 7) is 14.6. The summed E-state index contributed by atoms with van der Waals surface area (Å²) in [4.78, 5) is 6.72. The average molecular weight is 356 g/mol. The summed E-state index contributed by atoms with van der Waals surface area (Å²) in [7, 11) is 0. The highest BCUT2D eigenvalue weighted by Gasteiger charge is 2.11. The number of aliphatic imine (C=N–C) groups is 1. The van der Waals surface area contributed by atoms with Crippen LogP contribution in [0.4, 0.5) is 0 Å². The van der Waals surface area contributed by atoms with Crippen LogP contribution >= 0.6 is 24.0 Å². The lowest BCUT2D eigenvalue weighted by Gasteiger charge is -2.29. The number of nitrogens with one attached hydrogen (secondary N) is 1. The molecule has 0 aromatic rings. The third-order valence-electron chi connectivity index (χ3n) is 2.40. The minimum absolute atomic E-state index is 0. The fourth-order valence-corrected chi connectivity index (χ4v) is 1.74. The Morgan fingerprint density at radius 1 is 1.12 bits per heavy atom. The van der Waals surface area contributed by atoms with Gasteiger partial charge in [-0.2, -0.15) is 0 Å². The quantitative estimate of drug-likeness (QED) is 0.435. The number of rotatable bonds is 6. The van der Waals surface area contributed by atoms with Crippen LogP contribution in [0.5, 0.6) is 0 Å². The summed E-state index contributed by atoms with van der Waals surface area (Å²) in [6.07, 6.45) is 0. The minimum atomic E-state index is 0. The maximum Gasteiger partial charge on any atom is 0.188 e. The van der Waals surface area contributed by atoms with E-state index in [0.717, 1.165) is 13.1 Å². The van der Waals surface area contributed by atoms with E-state index in [1.165, 1.54) is 0 Å². The van der Waals surface area contributed by atoms with Gasteiger partial charge in [-0.25, -0.2) is 0 Å². The van der Waals surface area contributed by atoms with Crippen LogP contribution in [-0.2, 0) is 0 Å². The SMILES string of the molecule is CC(C)NC(N)=NCCN(C(C)C)C(C)C.I. The second kappa shape index (κ2) is 9.94. The van der Waals surface area contributed by atoms with E-state index in [4.69, 9.17) is 5.73 Å². The lowest BCUT2D eigenvalue weighted by Crippen LogP contribution is -2.40. The first-order valence-electron chi connectivity index (χ1n) is 6.16. The Labute approximate surface area is 123 Å². The van der Waals surface area contributed by atoms with Gasteiger partial charge in [-0.15, -0.1) is 24.0 Å². The third-order valence-corrected chi connectivity index (χ3v) is 2.40. The Morgan fingerprint density at radius 2 is 1.59 bits per heavy atom. The Hall–Kier alpha value is -0.0400. The van der Waals surface area contributed by atoms with Crippen molar-refractivity contribution in [3.8, 4) is 0 Å². The standard InChI is InChI=1S/C12H28N4.HI/c1-9(2)15-12(13)14-7-8-16(10(3)4)11(5)6;/h9-11H,7-8H2,1-6H3,(H3,13,14,15);1H. The molecule has 0 aliphatic carbocycles. The molecule has 3 N–H and O–H groups in total. The van der Waals surface area contributed by atoms with Crippen LogP contribution in [0.3, 0.4) is 0 Å². The molecule has 0 atom stereocenters. The smallest absolute Gasteiger partial charge is 0.188 e. The molecule has 0 radical (unpaired) electrons. The highest BCUT2D eigenvalue weighted by molar-refractivity contribution is 14.0. The average Bonchev–Trinajstić information content (AvgIpc) is 2.09. The van der Waals surface area contributed by atoms with Crippen molar-refractivity contribution in [3.63, 3.8) is 0 Å². The molecule has 0 unspecified atom stereocenters. The van der Waals surface area contributed by atoms with E-state index in [0.29, 0.717) is 24.1 Å². The molecule has 104 valence electrons. The second-order valence-electron chi connectivity index (χ2n) is 4.99. The van der Waals surface area contributed by atoms with Crippen LogP contribution in [-0.4, -0.2) is 42.1 Å². The first-order chi connectivity index (χ1) is 7.34. The third kappa shape index (κ3) is 9.64. The maximum atomic E-state index is 5.73. The van der Waals surface area contributed by atoms with E-state index < -0.39 is 0 Å². The Kier molecular flexibility index (Phi) is 11.3. The van der Waals surface area contributed by atoms with E-state index in [-0.39, 0.29) is 24.0 Å². The van der Waals surface area contributed by atoms with Crippen molar-refractivity contribution in [1.29, 1.82) is 0 Å². The van der Waals surface area contributed by atoms with E-state index >= 15 is 0 Å². The van der Waals surface area contributed by atoms with Gasteiger partial charge in [-0.05, 0) is 41.5 Å². The molecule has 0 aromatic carbocycles. The van der Waals surface area contributed by atoms with Gasteiger partial charge in [0.05, 0.1) is 6.54 Å². The second-order valence-corrected chi connectivity index (χ2v) is 4.99. The molecule has 17 heavy (non-hydrogen) atoms. The van der Waals surface area contributed by atoms with Gasteiger partial charge in [-0.1, -0.05) is 0 Å². The van der Waals surface area contributed by atoms with Crippen LogP contribution in [0.2, 0.25) is 0 Å². The molecule has 4 nitrogen and oxygen atoms in total. The molecule has 0 amide bonds. The number of hydrogen-bond donors (Lipinski definition) is 2. The Balaban J connectivity index is 0. The number of halogens is 1. The monoisotopic (exact) mass is 356 g/mol. The zero-order valence-corrected chi connectivity index (χ0v) is 14.4. The zero-order chi connectivity index (χ0) is 12.7. The lowest BCUT2D eigenvalue weighted by molar-refractivity contribution is 0.181. The van der Waals surface area contributed by atoms with Crippen LogP contribution in [0.25, 0.3) is 0 Å². The molecule has 0 fully saturated rings. The lowest BCUT2D eigenvalue weighted by atomic mass is 10.2. The fraction of sp³-hybridized carbons (Fsp3) is 0.917. The van der Waals surface area contributed by atoms with Crippen molar-refractivity contribution < 1.29 is 0 Å². The van der Waals surface area contributed by atoms with Crippen LogP contribution in [0.15, 0.2) is 4.99 Å². The first-order valence-corrected chi connectivity index (χ1v) is 6.16. The number of nitrogens with zero attached hydrogens (tertiary/aromatic N) is 2. The first kappa shape index (κ1) is 19.3. The highest BCUT2D eigenvalue weighted by atomic mass is 127. The molecule has 0 aliphatic heterocycles. The number of hydrogen-bond acceptors (Lipinski definition) is 2. The van der Waals surface area contributed by atoms with Gasteiger partial charge in [0.15, 0.2) is 5.96 Å². The van der Waals surface area contributed by atoms with Gasteiger partial charge in [0.1, 0.15) is 0 Å². The molecule has 0 spiro atoms. The molecule has 0 aromatic heterocycles. The predicted octanol–water partition coefficient (Wildman–Crippen LogP) is 2.04. The minimum Gasteiger partial charge on any atom is -0.370 e. The topological polar surface area (TPSA) is 53.6 Å². The molecule has 0 rings (SSSR count). The van der Waals surface area contributed by atoms with Gasteiger partial charge in [-0.3, -0.25) is 9.89 Å². The molecule has 0 saturated carbocycles. The largest absolute Gasteiger partial charge is 0.370 e. The van der Waals surface area contributed by atoms with Crippen molar-refractivity contribution in [2.24, 2.45) is 10.7 Å². The summed E-state index contributed by atoms with van der Waals surface area (Å²) in [5.74, 6) is 0.544. The van der Waals surface area contributed by atoms with E-state index in [1.807, 2.05) is 0 Å². The summed E-state index contributed by atoms with van der Waals surface area (Å²) < 4.78 is 0. The van der Waals surface area contributed by atoms with E-state index in [1.54, 1.807) is 0 Å². The normalized spacial score (nSPS) is 12.5. The van der Waals surface area contributed by atoms with Crippen molar-refractivity contribution in [2.45, 2.75) is 59.7 Å².